The van der Waals surface area contributed by atoms with Crippen molar-refractivity contribution in [2.45, 2.75) is 32.6 Å². The highest BCUT2D eigenvalue weighted by molar-refractivity contribution is 4.99. The minimum atomic E-state index is -0.558. The van der Waals surface area contributed by atoms with E-state index in [4.69, 9.17) is 0 Å². The second-order valence-electron chi connectivity index (χ2n) is 3.08. The van der Waals surface area contributed by atoms with Gasteiger partial charge in [0, 0.05) is 5.92 Å². The van der Waals surface area contributed by atoms with Crippen LogP contribution in [-0.2, 0) is 0 Å². The lowest BCUT2D eigenvalue weighted by Crippen LogP contribution is -2.28. The molecule has 1 rings (SSSR count). The molecule has 5 nitrogen and oxygen atoms in total. The number of aromatic nitrogens is 3. The number of hydrogen-bond donors (Lipinski definition) is 2. The van der Waals surface area contributed by atoms with Crippen molar-refractivity contribution in [2.75, 3.05) is 0 Å². The second-order valence-corrected chi connectivity index (χ2v) is 3.08. The molecule has 0 amide bonds. The van der Waals surface area contributed by atoms with E-state index >= 15 is 0 Å². The number of hydrogen-bond acceptors (Lipinski definition) is 3. The Kier molecular flexibility index (Phi) is 3.00. The molecule has 2 N–H and O–H groups in total. The fraction of sp³-hybridized carbons (Fsp3) is 0.625. The summed E-state index contributed by atoms with van der Waals surface area (Å²) in [7, 11) is 0. The molecule has 0 saturated carbocycles. The Morgan fingerprint density at radius 2 is 2.15 bits per heavy atom. The van der Waals surface area contributed by atoms with Crippen LogP contribution in [0.15, 0.2) is 9.59 Å². The highest BCUT2D eigenvalue weighted by atomic mass is 16.2. The van der Waals surface area contributed by atoms with Crippen LogP contribution in [0.3, 0.4) is 0 Å². The van der Waals surface area contributed by atoms with Crippen molar-refractivity contribution in [1.29, 1.82) is 0 Å². The van der Waals surface area contributed by atoms with Crippen molar-refractivity contribution < 1.29 is 0 Å². The summed E-state index contributed by atoms with van der Waals surface area (Å²) in [5.41, 5.74) is -0.538. The van der Waals surface area contributed by atoms with E-state index in [0.29, 0.717) is 5.69 Å². The van der Waals surface area contributed by atoms with Crippen LogP contribution in [0.2, 0.25) is 0 Å². The summed E-state index contributed by atoms with van der Waals surface area (Å²) in [6.45, 7) is 3.95. The fourth-order valence-corrected chi connectivity index (χ4v) is 1.26. The average molecular weight is 183 g/mol. The van der Waals surface area contributed by atoms with Crippen LogP contribution in [-0.4, -0.2) is 15.2 Å². The molecule has 1 heterocycles. The van der Waals surface area contributed by atoms with Crippen molar-refractivity contribution >= 4 is 0 Å². The van der Waals surface area contributed by atoms with Gasteiger partial charge in [0.2, 0.25) is 0 Å². The maximum atomic E-state index is 11.2. The summed E-state index contributed by atoms with van der Waals surface area (Å²) in [4.78, 5) is 24.0. The van der Waals surface area contributed by atoms with Crippen molar-refractivity contribution in [2.24, 2.45) is 0 Å². The minimum Gasteiger partial charge on any atom is -0.271 e. The number of H-pyrrole nitrogens is 2. The van der Waals surface area contributed by atoms with Gasteiger partial charge in [-0.3, -0.25) is 9.78 Å². The maximum absolute atomic E-state index is 11.2. The van der Waals surface area contributed by atoms with E-state index in [9.17, 15) is 9.59 Å². The van der Waals surface area contributed by atoms with Crippen LogP contribution >= 0.6 is 0 Å². The summed E-state index contributed by atoms with van der Waals surface area (Å²) in [5, 5.41) is 5.93. The van der Waals surface area contributed by atoms with E-state index in [-0.39, 0.29) is 11.5 Å². The van der Waals surface area contributed by atoms with Crippen LogP contribution < -0.4 is 11.2 Å². The molecule has 0 aliphatic rings. The van der Waals surface area contributed by atoms with Gasteiger partial charge in [-0.25, -0.2) is 9.89 Å². The Bertz CT molecular complexity index is 379. The molecular formula is C8H13N3O2. The third-order valence-corrected chi connectivity index (χ3v) is 1.93. The number of nitrogens with one attached hydrogen (secondary N) is 2. The maximum Gasteiger partial charge on any atom is 0.342 e. The van der Waals surface area contributed by atoms with E-state index in [2.05, 4.69) is 15.2 Å². The zero-order chi connectivity index (χ0) is 9.84. The van der Waals surface area contributed by atoms with E-state index in [1.807, 2.05) is 13.8 Å². The lowest BCUT2D eigenvalue weighted by atomic mass is 10.0. The zero-order valence-electron chi connectivity index (χ0n) is 7.76. The molecule has 1 aromatic rings. The Labute approximate surface area is 75.2 Å². The molecule has 0 aliphatic heterocycles. The molecule has 1 atom stereocenters. The third kappa shape index (κ3) is 2.27. The SMILES string of the molecule is CCCC(C)c1n[nH]c(=O)[nH]c1=O. The van der Waals surface area contributed by atoms with Gasteiger partial charge in [0.1, 0.15) is 5.69 Å². The molecule has 1 aromatic heterocycles. The summed E-state index contributed by atoms with van der Waals surface area (Å²) < 4.78 is 0. The molecule has 13 heavy (non-hydrogen) atoms. The first-order chi connectivity index (χ1) is 6.15. The standard InChI is InChI=1S/C8H13N3O2/c1-3-4-5(2)6-7(12)9-8(13)11-10-6/h5H,3-4H2,1-2H3,(H2,9,11,12,13). The monoisotopic (exact) mass is 183 g/mol. The van der Waals surface area contributed by atoms with Crippen LogP contribution in [0.4, 0.5) is 0 Å². The highest BCUT2D eigenvalue weighted by Gasteiger charge is 2.10. The molecular weight excluding hydrogens is 170 g/mol. The quantitative estimate of drug-likeness (QED) is 0.710. The molecule has 0 saturated heterocycles. The van der Waals surface area contributed by atoms with Crippen LogP contribution in [0.1, 0.15) is 38.3 Å². The molecule has 0 bridgehead atoms. The van der Waals surface area contributed by atoms with E-state index in [0.717, 1.165) is 12.8 Å². The molecule has 72 valence electrons. The number of aromatic amines is 2. The predicted molar refractivity (Wildman–Crippen MR) is 48.8 cm³/mol. The van der Waals surface area contributed by atoms with Gasteiger partial charge in [0.05, 0.1) is 0 Å². The fourth-order valence-electron chi connectivity index (χ4n) is 1.26. The van der Waals surface area contributed by atoms with E-state index in [1.54, 1.807) is 0 Å². The Morgan fingerprint density at radius 3 is 2.69 bits per heavy atom. The molecule has 0 spiro atoms. The van der Waals surface area contributed by atoms with Crippen molar-refractivity contribution in [1.82, 2.24) is 15.2 Å². The van der Waals surface area contributed by atoms with Gasteiger partial charge in [0.25, 0.3) is 5.56 Å². The smallest absolute Gasteiger partial charge is 0.271 e. The Morgan fingerprint density at radius 1 is 1.46 bits per heavy atom. The molecule has 0 aromatic carbocycles. The topological polar surface area (TPSA) is 78.6 Å². The second kappa shape index (κ2) is 4.02. The molecule has 0 aliphatic carbocycles. The molecule has 0 radical (unpaired) electrons. The van der Waals surface area contributed by atoms with Gasteiger partial charge >= 0.3 is 5.69 Å². The number of rotatable bonds is 3. The predicted octanol–water partition coefficient (Wildman–Crippen LogP) is 0.362. The first-order valence-corrected chi connectivity index (χ1v) is 4.34. The van der Waals surface area contributed by atoms with Gasteiger partial charge in [-0.2, -0.15) is 5.10 Å². The summed E-state index contributed by atoms with van der Waals surface area (Å²) in [6, 6.07) is 0. The van der Waals surface area contributed by atoms with Gasteiger partial charge in [0.15, 0.2) is 0 Å². The van der Waals surface area contributed by atoms with E-state index in [1.165, 1.54) is 0 Å². The van der Waals surface area contributed by atoms with Crippen molar-refractivity contribution in [3.8, 4) is 0 Å². The van der Waals surface area contributed by atoms with Crippen molar-refractivity contribution in [3.05, 3.63) is 26.5 Å². The molecule has 5 heteroatoms. The summed E-state index contributed by atoms with van der Waals surface area (Å²) >= 11 is 0. The zero-order valence-corrected chi connectivity index (χ0v) is 7.76. The van der Waals surface area contributed by atoms with Crippen molar-refractivity contribution in [3.63, 3.8) is 0 Å². The first kappa shape index (κ1) is 9.70. The van der Waals surface area contributed by atoms with Crippen LogP contribution in [0, 0.1) is 0 Å². The summed E-state index contributed by atoms with van der Waals surface area (Å²) in [5.74, 6) is 0.0885. The average Bonchev–Trinajstić information content (AvgIpc) is 2.04. The largest absolute Gasteiger partial charge is 0.342 e. The highest BCUT2D eigenvalue weighted by Crippen LogP contribution is 2.13. The van der Waals surface area contributed by atoms with Gasteiger partial charge in [-0.15, -0.1) is 0 Å². The first-order valence-electron chi connectivity index (χ1n) is 4.34. The van der Waals surface area contributed by atoms with Gasteiger partial charge in [-0.1, -0.05) is 20.3 Å². The molecule has 0 fully saturated rings. The number of nitrogens with zero attached hydrogens (tertiary/aromatic N) is 1. The Balaban J connectivity index is 3.02. The molecule has 1 unspecified atom stereocenters. The normalized spacial score (nSPS) is 12.8. The van der Waals surface area contributed by atoms with Crippen LogP contribution in [0.25, 0.3) is 0 Å². The summed E-state index contributed by atoms with van der Waals surface area (Å²) in [6.07, 6.45) is 1.88. The minimum absolute atomic E-state index is 0.0885. The van der Waals surface area contributed by atoms with Gasteiger partial charge < -0.3 is 0 Å². The van der Waals surface area contributed by atoms with Gasteiger partial charge in [-0.05, 0) is 6.42 Å². The lowest BCUT2D eigenvalue weighted by molar-refractivity contribution is 0.619. The van der Waals surface area contributed by atoms with E-state index < -0.39 is 5.69 Å². The lowest BCUT2D eigenvalue weighted by Gasteiger charge is -2.05. The third-order valence-electron chi connectivity index (χ3n) is 1.93. The van der Waals surface area contributed by atoms with Crippen LogP contribution in [0.5, 0.6) is 0 Å². The Hall–Kier alpha value is -1.39.